The maximum absolute atomic E-state index is 13.1. The van der Waals surface area contributed by atoms with E-state index in [0.717, 1.165) is 62.7 Å². The number of nitrogens with one attached hydrogen (secondary N) is 1. The summed E-state index contributed by atoms with van der Waals surface area (Å²) in [5.41, 5.74) is 5.43. The van der Waals surface area contributed by atoms with Gasteiger partial charge >= 0.3 is 0 Å². The third-order valence-corrected chi connectivity index (χ3v) is 13.3. The first-order valence-corrected chi connectivity index (χ1v) is 17.8. The summed E-state index contributed by atoms with van der Waals surface area (Å²) >= 11 is 6.11. The fourth-order valence-corrected chi connectivity index (χ4v) is 9.95. The second-order valence-corrected chi connectivity index (χ2v) is 16.4. The van der Waals surface area contributed by atoms with E-state index in [-0.39, 0.29) is 27.9 Å². The second kappa shape index (κ2) is 11.5. The van der Waals surface area contributed by atoms with Crippen LogP contribution in [-0.2, 0) is 16.6 Å². The predicted molar refractivity (Wildman–Crippen MR) is 179 cm³/mol. The summed E-state index contributed by atoms with van der Waals surface area (Å²) in [4.78, 5) is 17.8. The number of anilines is 1. The molecule has 1 amide bonds. The van der Waals surface area contributed by atoms with Crippen LogP contribution < -0.4 is 9.62 Å². The van der Waals surface area contributed by atoms with Crippen LogP contribution in [0.25, 0.3) is 11.1 Å². The summed E-state index contributed by atoms with van der Waals surface area (Å²) in [7, 11) is -3.75. The van der Waals surface area contributed by atoms with E-state index < -0.39 is 15.9 Å². The lowest BCUT2D eigenvalue weighted by Gasteiger charge is -2.74. The summed E-state index contributed by atoms with van der Waals surface area (Å²) in [6, 6.07) is 23.8. The molecule has 7 rings (SSSR count). The fourth-order valence-electron chi connectivity index (χ4n) is 8.27. The van der Waals surface area contributed by atoms with Gasteiger partial charge in [-0.2, -0.15) is 0 Å². The maximum Gasteiger partial charge on any atom is 0.264 e. The molecule has 0 radical (unpaired) electrons. The van der Waals surface area contributed by atoms with Crippen LogP contribution in [0.5, 0.6) is 0 Å². The molecule has 1 N–H and O–H groups in total. The van der Waals surface area contributed by atoms with E-state index in [2.05, 4.69) is 78.6 Å². The van der Waals surface area contributed by atoms with Crippen molar-refractivity contribution in [2.24, 2.45) is 22.2 Å². The van der Waals surface area contributed by atoms with E-state index in [4.69, 9.17) is 11.6 Å². The minimum Gasteiger partial charge on any atom is -0.369 e. The van der Waals surface area contributed by atoms with Gasteiger partial charge in [-0.25, -0.2) is 13.1 Å². The maximum atomic E-state index is 13.1. The number of benzene rings is 3. The molecule has 2 bridgehead atoms. The minimum absolute atomic E-state index is 0.00128. The van der Waals surface area contributed by atoms with Crippen LogP contribution in [0.1, 0.15) is 62.9 Å². The molecular weight excluding hydrogens is 590 g/mol. The first kappa shape index (κ1) is 31.1. The topological polar surface area (TPSA) is 69.7 Å². The molecule has 1 heterocycles. The number of nitrogens with zero attached hydrogens (tertiary/aromatic N) is 2. The van der Waals surface area contributed by atoms with Gasteiger partial charge in [-0.05, 0) is 94.5 Å². The molecule has 3 atom stereocenters. The summed E-state index contributed by atoms with van der Waals surface area (Å²) in [5, 5.41) is 0.736. The third kappa shape index (κ3) is 5.67. The Morgan fingerprint density at radius 3 is 2.23 bits per heavy atom. The molecule has 44 heavy (non-hydrogen) atoms. The highest BCUT2D eigenvalue weighted by molar-refractivity contribution is 7.90. The Kier molecular flexibility index (Phi) is 8.13. The van der Waals surface area contributed by atoms with E-state index in [1.54, 1.807) is 12.1 Å². The minimum atomic E-state index is -3.75. The van der Waals surface area contributed by atoms with Gasteiger partial charge < -0.3 is 4.90 Å². The molecule has 0 aromatic heterocycles. The average molecular weight is 634 g/mol. The van der Waals surface area contributed by atoms with Crippen LogP contribution in [0.3, 0.4) is 0 Å². The third-order valence-electron chi connectivity index (χ3n) is 11.7. The number of carbonyl (C=O) groups is 1. The number of sulfonamides is 1. The van der Waals surface area contributed by atoms with Crippen molar-refractivity contribution in [3.63, 3.8) is 0 Å². The van der Waals surface area contributed by atoms with Crippen LogP contribution in [0.15, 0.2) is 72.8 Å². The Hall–Kier alpha value is -2.87. The second-order valence-electron chi connectivity index (χ2n) is 14.2. The number of piperazine rings is 1. The molecule has 4 aliphatic rings. The standard InChI is InChI=1S/C36H44ClN3O3S/c1-34(2)35(3)18-17-29(36(34,4)25-35)24-44(42,43)38-33(41)27-11-15-31(16-12-27)40-21-19-39(20-22-40)23-28-7-5-6-8-32(28)26-9-13-30(37)14-10-26/h5-16,29H,17-25H2,1-4H3,(H,38,41)/t29-,35+,36+/m1/s1. The van der Waals surface area contributed by atoms with Crippen molar-refractivity contribution in [1.29, 1.82) is 0 Å². The molecule has 3 aromatic rings. The molecule has 3 aromatic carbocycles. The van der Waals surface area contributed by atoms with Crippen molar-refractivity contribution in [1.82, 2.24) is 9.62 Å². The Morgan fingerprint density at radius 2 is 1.57 bits per heavy atom. The van der Waals surface area contributed by atoms with Crippen LogP contribution >= 0.6 is 11.6 Å². The highest BCUT2D eigenvalue weighted by Gasteiger charge is 2.69. The zero-order valence-corrected chi connectivity index (χ0v) is 27.8. The van der Waals surface area contributed by atoms with E-state index in [9.17, 15) is 13.2 Å². The van der Waals surface area contributed by atoms with E-state index in [1.165, 1.54) is 16.7 Å². The van der Waals surface area contributed by atoms with Crippen molar-refractivity contribution < 1.29 is 13.2 Å². The van der Waals surface area contributed by atoms with E-state index >= 15 is 0 Å². The SMILES string of the molecule is CC1(C)[C@@]2(C)CC[C@H](CS(=O)(=O)NC(=O)c3ccc(N4CCN(Cc5ccccc5-c5ccc(Cl)cc5)CC4)cc3)[C@]1(C)C2. The van der Waals surface area contributed by atoms with E-state index in [0.29, 0.717) is 5.56 Å². The lowest BCUT2D eigenvalue weighted by atomic mass is 9.31. The number of halogens is 1. The molecule has 0 unspecified atom stereocenters. The normalized spacial score (nSPS) is 26.6. The van der Waals surface area contributed by atoms with Crippen LogP contribution in [0.2, 0.25) is 5.02 Å². The number of hydrogen-bond acceptors (Lipinski definition) is 5. The Morgan fingerprint density at radius 1 is 0.909 bits per heavy atom. The molecule has 8 heteroatoms. The molecule has 1 aliphatic heterocycles. The highest BCUT2D eigenvalue weighted by atomic mass is 35.5. The predicted octanol–water partition coefficient (Wildman–Crippen LogP) is 7.24. The van der Waals surface area contributed by atoms with Crippen LogP contribution in [0, 0.1) is 22.2 Å². The monoisotopic (exact) mass is 633 g/mol. The van der Waals surface area contributed by atoms with Crippen molar-refractivity contribution in [3.8, 4) is 11.1 Å². The van der Waals surface area contributed by atoms with Gasteiger partial charge in [0, 0.05) is 49.0 Å². The number of amides is 1. The number of fused-ring (bicyclic) bond motifs is 2. The zero-order chi connectivity index (χ0) is 31.3. The van der Waals surface area contributed by atoms with Crippen LogP contribution in [0.4, 0.5) is 5.69 Å². The Bertz CT molecular complexity index is 1630. The van der Waals surface area contributed by atoms with Gasteiger partial charge in [0.1, 0.15) is 0 Å². The van der Waals surface area contributed by atoms with Crippen molar-refractivity contribution in [2.45, 2.75) is 53.5 Å². The zero-order valence-electron chi connectivity index (χ0n) is 26.3. The summed E-state index contributed by atoms with van der Waals surface area (Å²) in [6.45, 7) is 13.6. The van der Waals surface area contributed by atoms with Gasteiger partial charge in [-0.3, -0.25) is 9.69 Å². The molecule has 3 aliphatic carbocycles. The lowest BCUT2D eigenvalue weighted by Crippen LogP contribution is -2.67. The van der Waals surface area contributed by atoms with Gasteiger partial charge in [-0.15, -0.1) is 0 Å². The molecule has 6 nitrogen and oxygen atoms in total. The fraction of sp³-hybridized carbons (Fsp3) is 0.472. The molecule has 0 spiro atoms. The Balaban J connectivity index is 1.03. The van der Waals surface area contributed by atoms with Gasteiger partial charge in [0.25, 0.3) is 5.91 Å². The van der Waals surface area contributed by atoms with Gasteiger partial charge in [-0.1, -0.05) is 75.7 Å². The van der Waals surface area contributed by atoms with Gasteiger partial charge in [0.15, 0.2) is 0 Å². The number of hydrogen-bond donors (Lipinski definition) is 1. The smallest absolute Gasteiger partial charge is 0.264 e. The molecule has 1 saturated heterocycles. The highest BCUT2D eigenvalue weighted by Crippen LogP contribution is 2.76. The first-order chi connectivity index (χ1) is 20.8. The van der Waals surface area contributed by atoms with Crippen LogP contribution in [-0.4, -0.2) is 51.2 Å². The van der Waals surface area contributed by atoms with Crippen molar-refractivity contribution >= 4 is 33.2 Å². The number of carbonyl (C=O) groups excluding carboxylic acids is 1. The molecule has 234 valence electrons. The van der Waals surface area contributed by atoms with Gasteiger partial charge in [0.05, 0.1) is 5.75 Å². The summed E-state index contributed by atoms with van der Waals surface area (Å²) in [6.07, 6.45) is 2.98. The number of rotatable bonds is 8. The molecule has 3 saturated carbocycles. The van der Waals surface area contributed by atoms with Gasteiger partial charge in [0.2, 0.25) is 10.0 Å². The quantitative estimate of drug-likeness (QED) is 0.283. The summed E-state index contributed by atoms with van der Waals surface area (Å²) < 4.78 is 28.6. The summed E-state index contributed by atoms with van der Waals surface area (Å²) in [5.74, 6) is -0.502. The largest absolute Gasteiger partial charge is 0.369 e. The van der Waals surface area contributed by atoms with Crippen molar-refractivity contribution in [2.75, 3.05) is 36.8 Å². The molecular formula is C36H44ClN3O3S. The van der Waals surface area contributed by atoms with Crippen molar-refractivity contribution in [3.05, 3.63) is 88.9 Å². The average Bonchev–Trinajstić information content (AvgIpc) is 2.99. The lowest BCUT2D eigenvalue weighted by molar-refractivity contribution is -0.243. The Labute approximate surface area is 267 Å². The van der Waals surface area contributed by atoms with E-state index in [1.807, 2.05) is 24.3 Å². The molecule has 4 fully saturated rings. The first-order valence-electron chi connectivity index (χ1n) is 15.8.